The predicted octanol–water partition coefficient (Wildman–Crippen LogP) is 5.09. The molecule has 0 spiro atoms. The third kappa shape index (κ3) is 8.82. The highest BCUT2D eigenvalue weighted by Crippen LogP contribution is 2.18. The van der Waals surface area contributed by atoms with Gasteiger partial charge in [-0.15, -0.1) is 0 Å². The molecule has 144 valence electrons. The molecule has 0 atom stereocenters. The lowest BCUT2D eigenvalue weighted by Crippen LogP contribution is -2.08. The first-order chi connectivity index (χ1) is 13.3. The quantitative estimate of drug-likeness (QED) is 0.167. The van der Waals surface area contributed by atoms with Crippen LogP contribution in [0.2, 0.25) is 0 Å². The molecule has 0 radical (unpaired) electrons. The normalized spacial score (nSPS) is 11.0. The van der Waals surface area contributed by atoms with Gasteiger partial charge in [0.25, 0.3) is 0 Å². The van der Waals surface area contributed by atoms with Crippen LogP contribution >= 0.6 is 11.8 Å². The van der Waals surface area contributed by atoms with Gasteiger partial charge < -0.3 is 4.74 Å². The number of carbonyl (C=O) groups is 1. The van der Waals surface area contributed by atoms with Gasteiger partial charge in [0.2, 0.25) is 0 Å². The first kappa shape index (κ1) is 21.1. The predicted molar refractivity (Wildman–Crippen MR) is 109 cm³/mol. The van der Waals surface area contributed by atoms with Crippen LogP contribution in [0.4, 0.5) is 0 Å². The van der Waals surface area contributed by atoms with Gasteiger partial charge in [-0.1, -0.05) is 49.7 Å². The van der Waals surface area contributed by atoms with E-state index in [1.807, 2.05) is 18.2 Å². The Morgan fingerprint density at radius 1 is 1.04 bits per heavy atom. The molecular weight excluding hydrogens is 358 g/mol. The Balaban J connectivity index is 1.63. The Morgan fingerprint density at radius 3 is 2.67 bits per heavy atom. The second-order valence-corrected chi connectivity index (χ2v) is 7.00. The minimum absolute atomic E-state index is 0.207. The molecule has 2 aromatic heterocycles. The summed E-state index contributed by atoms with van der Waals surface area (Å²) < 4.78 is 5.26. The molecule has 27 heavy (non-hydrogen) atoms. The molecule has 0 aliphatic heterocycles. The van der Waals surface area contributed by atoms with E-state index in [2.05, 4.69) is 34.0 Å². The maximum Gasteiger partial charge on any atom is 0.316 e. The Morgan fingerprint density at radius 2 is 1.89 bits per heavy atom. The lowest BCUT2D eigenvalue weighted by molar-refractivity contribution is -0.140. The second kappa shape index (κ2) is 13.0. The molecule has 0 saturated carbocycles. The van der Waals surface area contributed by atoms with E-state index in [-0.39, 0.29) is 11.7 Å². The fourth-order valence-corrected chi connectivity index (χ4v) is 3.00. The van der Waals surface area contributed by atoms with Crippen LogP contribution in [-0.4, -0.2) is 33.3 Å². The van der Waals surface area contributed by atoms with E-state index >= 15 is 0 Å². The standard InChI is InChI=1S/C21H27N3O2S/c1-2-3-4-5-6-7-8-11-16-26-20(25)17-27-21-23-15-13-19(24-21)18-12-9-10-14-22-18/h6-7,9-10,12-15H,2-5,8,11,16-17H2,1H3/b7-6+. The molecule has 0 aromatic carbocycles. The number of ether oxygens (including phenoxy) is 1. The average molecular weight is 386 g/mol. The van der Waals surface area contributed by atoms with Crippen molar-refractivity contribution in [3.8, 4) is 11.4 Å². The van der Waals surface area contributed by atoms with Crippen molar-refractivity contribution in [1.82, 2.24) is 15.0 Å². The van der Waals surface area contributed by atoms with Crippen LogP contribution in [-0.2, 0) is 9.53 Å². The number of rotatable bonds is 12. The van der Waals surface area contributed by atoms with Crippen molar-refractivity contribution in [2.75, 3.05) is 12.4 Å². The number of aromatic nitrogens is 3. The highest BCUT2D eigenvalue weighted by Gasteiger charge is 2.08. The summed E-state index contributed by atoms with van der Waals surface area (Å²) in [5.74, 6) is -0.0304. The highest BCUT2D eigenvalue weighted by atomic mass is 32.2. The molecular formula is C21H27N3O2S. The topological polar surface area (TPSA) is 65.0 Å². The van der Waals surface area contributed by atoms with E-state index in [1.165, 1.54) is 31.0 Å². The molecule has 0 bridgehead atoms. The maximum atomic E-state index is 11.8. The Labute approximate surface area is 165 Å². The smallest absolute Gasteiger partial charge is 0.316 e. The monoisotopic (exact) mass is 385 g/mol. The van der Waals surface area contributed by atoms with Crippen LogP contribution in [0.3, 0.4) is 0 Å². The summed E-state index contributed by atoms with van der Waals surface area (Å²) in [6.45, 7) is 2.66. The van der Waals surface area contributed by atoms with Crippen molar-refractivity contribution in [3.63, 3.8) is 0 Å². The van der Waals surface area contributed by atoms with E-state index in [0.717, 1.165) is 30.7 Å². The lowest BCUT2D eigenvalue weighted by atomic mass is 10.2. The van der Waals surface area contributed by atoms with Crippen molar-refractivity contribution in [3.05, 3.63) is 48.8 Å². The minimum Gasteiger partial charge on any atom is -0.465 e. The van der Waals surface area contributed by atoms with Crippen molar-refractivity contribution in [1.29, 1.82) is 0 Å². The number of carbonyl (C=O) groups excluding carboxylic acids is 1. The molecule has 2 aromatic rings. The van der Waals surface area contributed by atoms with Crippen LogP contribution in [0.5, 0.6) is 0 Å². The number of unbranched alkanes of at least 4 members (excludes halogenated alkanes) is 4. The van der Waals surface area contributed by atoms with E-state index < -0.39 is 0 Å². The number of pyridine rings is 1. The van der Waals surface area contributed by atoms with Gasteiger partial charge in [0.15, 0.2) is 5.16 Å². The Bertz CT molecular complexity index is 708. The van der Waals surface area contributed by atoms with Gasteiger partial charge >= 0.3 is 5.97 Å². The zero-order valence-corrected chi connectivity index (χ0v) is 16.7. The molecule has 6 heteroatoms. The number of esters is 1. The molecule has 2 heterocycles. The third-order valence-electron chi connectivity index (χ3n) is 3.80. The van der Waals surface area contributed by atoms with E-state index in [4.69, 9.17) is 4.74 Å². The van der Waals surface area contributed by atoms with E-state index in [0.29, 0.717) is 11.8 Å². The lowest BCUT2D eigenvalue weighted by Gasteiger charge is -2.04. The van der Waals surface area contributed by atoms with Crippen molar-refractivity contribution < 1.29 is 9.53 Å². The van der Waals surface area contributed by atoms with Crippen molar-refractivity contribution >= 4 is 17.7 Å². The molecule has 0 N–H and O–H groups in total. The van der Waals surface area contributed by atoms with Crippen molar-refractivity contribution in [2.24, 2.45) is 0 Å². The van der Waals surface area contributed by atoms with Crippen LogP contribution in [0.15, 0.2) is 54.0 Å². The number of thioether (sulfide) groups is 1. The number of allylic oxidation sites excluding steroid dienone is 2. The molecule has 0 saturated heterocycles. The third-order valence-corrected chi connectivity index (χ3v) is 4.63. The summed E-state index contributed by atoms with van der Waals surface area (Å²) in [6, 6.07) is 7.47. The number of nitrogens with zero attached hydrogens (tertiary/aromatic N) is 3. The van der Waals surface area contributed by atoms with E-state index in [1.54, 1.807) is 18.5 Å². The van der Waals surface area contributed by atoms with Gasteiger partial charge in [-0.25, -0.2) is 9.97 Å². The molecule has 5 nitrogen and oxygen atoms in total. The van der Waals surface area contributed by atoms with Gasteiger partial charge in [0, 0.05) is 12.4 Å². The first-order valence-electron chi connectivity index (χ1n) is 9.47. The summed E-state index contributed by atoms with van der Waals surface area (Å²) in [6.07, 6.45) is 14.5. The largest absolute Gasteiger partial charge is 0.465 e. The second-order valence-electron chi connectivity index (χ2n) is 6.06. The van der Waals surface area contributed by atoms with Crippen LogP contribution in [0, 0.1) is 0 Å². The van der Waals surface area contributed by atoms with Gasteiger partial charge in [0.1, 0.15) is 0 Å². The molecule has 0 aliphatic carbocycles. The van der Waals surface area contributed by atoms with Crippen LogP contribution in [0.1, 0.15) is 45.4 Å². The Hall–Kier alpha value is -2.21. The minimum atomic E-state index is -0.237. The zero-order valence-electron chi connectivity index (χ0n) is 15.8. The van der Waals surface area contributed by atoms with Gasteiger partial charge in [-0.05, 0) is 43.9 Å². The summed E-state index contributed by atoms with van der Waals surface area (Å²) >= 11 is 1.28. The number of hydrogen-bond acceptors (Lipinski definition) is 6. The summed E-state index contributed by atoms with van der Waals surface area (Å²) in [4.78, 5) is 24.8. The molecule has 0 amide bonds. The fraction of sp³-hybridized carbons (Fsp3) is 0.429. The fourth-order valence-electron chi connectivity index (χ4n) is 2.37. The van der Waals surface area contributed by atoms with Gasteiger partial charge in [0.05, 0.1) is 23.7 Å². The van der Waals surface area contributed by atoms with Gasteiger partial charge in [-0.2, -0.15) is 0 Å². The molecule has 0 unspecified atom stereocenters. The van der Waals surface area contributed by atoms with Crippen LogP contribution < -0.4 is 0 Å². The maximum absolute atomic E-state index is 11.8. The molecule has 0 aliphatic rings. The summed E-state index contributed by atoms with van der Waals surface area (Å²) in [7, 11) is 0. The Kier molecular flexibility index (Phi) is 10.2. The summed E-state index contributed by atoms with van der Waals surface area (Å²) in [5, 5.41) is 0.546. The SMILES string of the molecule is CCCCC/C=C/CCCOC(=O)CSc1nccc(-c2ccccn2)n1. The summed E-state index contributed by atoms with van der Waals surface area (Å²) in [5.41, 5.74) is 1.53. The van der Waals surface area contributed by atoms with E-state index in [9.17, 15) is 4.79 Å². The molecule has 0 fully saturated rings. The average Bonchev–Trinajstić information content (AvgIpc) is 2.72. The van der Waals surface area contributed by atoms with Gasteiger partial charge in [-0.3, -0.25) is 9.78 Å². The van der Waals surface area contributed by atoms with Crippen molar-refractivity contribution in [2.45, 2.75) is 50.6 Å². The first-order valence-corrected chi connectivity index (χ1v) is 10.5. The highest BCUT2D eigenvalue weighted by molar-refractivity contribution is 7.99. The number of hydrogen-bond donors (Lipinski definition) is 0. The molecule has 2 rings (SSSR count). The zero-order chi connectivity index (χ0) is 19.2. The van der Waals surface area contributed by atoms with Crippen LogP contribution in [0.25, 0.3) is 11.4 Å².